The van der Waals surface area contributed by atoms with Crippen molar-refractivity contribution in [1.82, 2.24) is 9.62 Å². The van der Waals surface area contributed by atoms with Crippen molar-refractivity contribution in [3.63, 3.8) is 0 Å². The fourth-order valence-electron chi connectivity index (χ4n) is 2.30. The zero-order valence-corrected chi connectivity index (χ0v) is 15.6. The molecule has 1 aromatic rings. The van der Waals surface area contributed by atoms with E-state index in [-0.39, 0.29) is 23.4 Å². The first-order valence-electron chi connectivity index (χ1n) is 8.14. The lowest BCUT2D eigenvalue weighted by atomic mass is 10.0. The molecule has 0 saturated heterocycles. The summed E-state index contributed by atoms with van der Waals surface area (Å²) in [5, 5.41) is 2.81. The molecule has 24 heavy (non-hydrogen) atoms. The predicted molar refractivity (Wildman–Crippen MR) is 92.5 cm³/mol. The Hall–Kier alpha value is -1.47. The Morgan fingerprint density at radius 2 is 1.75 bits per heavy atom. The van der Waals surface area contributed by atoms with Gasteiger partial charge in [0, 0.05) is 13.1 Å². The van der Waals surface area contributed by atoms with Crippen molar-refractivity contribution < 1.29 is 17.6 Å². The zero-order chi connectivity index (χ0) is 18.3. The fourth-order valence-corrected chi connectivity index (χ4v) is 3.43. The summed E-state index contributed by atoms with van der Waals surface area (Å²) in [4.78, 5) is 12.0. The Morgan fingerprint density at radius 1 is 1.17 bits per heavy atom. The van der Waals surface area contributed by atoms with Crippen molar-refractivity contribution in [2.45, 2.75) is 51.0 Å². The van der Waals surface area contributed by atoms with Gasteiger partial charge in [-0.05, 0) is 43.5 Å². The molecule has 0 heterocycles. The van der Waals surface area contributed by atoms with E-state index in [2.05, 4.69) is 19.2 Å². The molecule has 1 atom stereocenters. The van der Waals surface area contributed by atoms with Gasteiger partial charge in [0.05, 0.1) is 11.4 Å². The molecule has 0 aliphatic carbocycles. The van der Waals surface area contributed by atoms with Crippen molar-refractivity contribution in [2.75, 3.05) is 13.6 Å². The molecule has 0 fully saturated rings. The SMILES string of the molecule is CC(C)CCCC(C)NC(=O)CN(C)S(=O)(=O)c1ccc(F)cc1. The van der Waals surface area contributed by atoms with Crippen molar-refractivity contribution in [2.24, 2.45) is 5.92 Å². The number of rotatable bonds is 9. The molecule has 1 N–H and O–H groups in total. The molecule has 0 bridgehead atoms. The van der Waals surface area contributed by atoms with Gasteiger partial charge in [-0.1, -0.05) is 26.7 Å². The highest BCUT2D eigenvalue weighted by Crippen LogP contribution is 2.14. The second-order valence-electron chi connectivity index (χ2n) is 6.51. The first-order chi connectivity index (χ1) is 11.1. The van der Waals surface area contributed by atoms with Crippen LogP contribution in [0.25, 0.3) is 0 Å². The lowest BCUT2D eigenvalue weighted by Crippen LogP contribution is -2.41. The number of amides is 1. The molecular formula is C17H27FN2O3S. The monoisotopic (exact) mass is 358 g/mol. The second-order valence-corrected chi connectivity index (χ2v) is 8.55. The molecule has 1 unspecified atom stereocenters. The third-order valence-electron chi connectivity index (χ3n) is 3.71. The van der Waals surface area contributed by atoms with Crippen molar-refractivity contribution in [3.05, 3.63) is 30.1 Å². The van der Waals surface area contributed by atoms with Crippen LogP contribution in [-0.2, 0) is 14.8 Å². The number of hydrogen-bond donors (Lipinski definition) is 1. The summed E-state index contributed by atoms with van der Waals surface area (Å²) in [6, 6.07) is 4.54. The number of likely N-dealkylation sites (N-methyl/N-ethyl adjacent to an activating group) is 1. The summed E-state index contributed by atoms with van der Waals surface area (Å²) in [5.41, 5.74) is 0. The van der Waals surface area contributed by atoms with Gasteiger partial charge in [-0.25, -0.2) is 12.8 Å². The molecule has 1 amide bonds. The number of carbonyl (C=O) groups is 1. The molecule has 0 saturated carbocycles. The van der Waals surface area contributed by atoms with E-state index < -0.39 is 15.8 Å². The minimum Gasteiger partial charge on any atom is -0.353 e. The van der Waals surface area contributed by atoms with Crippen LogP contribution in [0.4, 0.5) is 4.39 Å². The van der Waals surface area contributed by atoms with Crippen LogP contribution in [0, 0.1) is 11.7 Å². The Bertz CT molecular complexity index is 630. The summed E-state index contributed by atoms with van der Waals surface area (Å²) in [7, 11) is -2.47. The molecule has 0 radical (unpaired) electrons. The van der Waals surface area contributed by atoms with E-state index >= 15 is 0 Å². The van der Waals surface area contributed by atoms with Gasteiger partial charge in [0.1, 0.15) is 5.82 Å². The third kappa shape index (κ3) is 6.57. The highest BCUT2D eigenvalue weighted by molar-refractivity contribution is 7.89. The fraction of sp³-hybridized carbons (Fsp3) is 0.588. The molecule has 5 nitrogen and oxygen atoms in total. The van der Waals surface area contributed by atoms with Gasteiger partial charge in [-0.3, -0.25) is 4.79 Å². The van der Waals surface area contributed by atoms with Gasteiger partial charge >= 0.3 is 0 Å². The van der Waals surface area contributed by atoms with Crippen LogP contribution in [0.5, 0.6) is 0 Å². The van der Waals surface area contributed by atoms with Gasteiger partial charge in [-0.2, -0.15) is 4.31 Å². The summed E-state index contributed by atoms with van der Waals surface area (Å²) in [6.07, 6.45) is 2.97. The maximum atomic E-state index is 12.9. The molecule has 136 valence electrons. The van der Waals surface area contributed by atoms with Crippen LogP contribution >= 0.6 is 0 Å². The van der Waals surface area contributed by atoms with Crippen molar-refractivity contribution in [1.29, 1.82) is 0 Å². The van der Waals surface area contributed by atoms with E-state index in [1.807, 2.05) is 6.92 Å². The Labute approximate surface area is 144 Å². The van der Waals surface area contributed by atoms with Crippen LogP contribution in [0.3, 0.4) is 0 Å². The van der Waals surface area contributed by atoms with Crippen LogP contribution in [-0.4, -0.2) is 38.3 Å². The number of nitrogens with one attached hydrogen (secondary N) is 1. The molecule has 0 aliphatic heterocycles. The summed E-state index contributed by atoms with van der Waals surface area (Å²) >= 11 is 0. The predicted octanol–water partition coefficient (Wildman–Crippen LogP) is 2.78. The van der Waals surface area contributed by atoms with Crippen molar-refractivity contribution in [3.8, 4) is 0 Å². The maximum absolute atomic E-state index is 12.9. The number of carbonyl (C=O) groups excluding carboxylic acids is 1. The molecule has 1 aromatic carbocycles. The number of benzene rings is 1. The minimum atomic E-state index is -3.81. The average molecular weight is 358 g/mol. The number of nitrogens with zero attached hydrogens (tertiary/aromatic N) is 1. The largest absolute Gasteiger partial charge is 0.353 e. The highest BCUT2D eigenvalue weighted by Gasteiger charge is 2.23. The lowest BCUT2D eigenvalue weighted by Gasteiger charge is -2.19. The van der Waals surface area contributed by atoms with E-state index in [1.54, 1.807) is 0 Å². The van der Waals surface area contributed by atoms with Gasteiger partial charge in [-0.15, -0.1) is 0 Å². The van der Waals surface area contributed by atoms with E-state index in [1.165, 1.54) is 19.2 Å². The third-order valence-corrected chi connectivity index (χ3v) is 5.53. The van der Waals surface area contributed by atoms with Crippen LogP contribution < -0.4 is 5.32 Å². The minimum absolute atomic E-state index is 0.00169. The Morgan fingerprint density at radius 3 is 2.29 bits per heavy atom. The summed E-state index contributed by atoms with van der Waals surface area (Å²) < 4.78 is 38.5. The first-order valence-corrected chi connectivity index (χ1v) is 9.58. The number of sulfonamides is 1. The van der Waals surface area contributed by atoms with Crippen LogP contribution in [0.2, 0.25) is 0 Å². The molecule has 0 aliphatic rings. The molecule has 0 spiro atoms. The second kappa shape index (κ2) is 9.13. The number of hydrogen-bond acceptors (Lipinski definition) is 3. The standard InChI is InChI=1S/C17H27FN2O3S/c1-13(2)6-5-7-14(3)19-17(21)12-20(4)24(22,23)16-10-8-15(18)9-11-16/h8-11,13-14H,5-7,12H2,1-4H3,(H,19,21). The van der Waals surface area contributed by atoms with Gasteiger partial charge in [0.2, 0.25) is 15.9 Å². The first kappa shape index (κ1) is 20.6. The molecule has 1 rings (SSSR count). The highest BCUT2D eigenvalue weighted by atomic mass is 32.2. The number of halogens is 1. The maximum Gasteiger partial charge on any atom is 0.243 e. The normalized spacial score (nSPS) is 13.3. The quantitative estimate of drug-likeness (QED) is 0.738. The van der Waals surface area contributed by atoms with E-state index in [4.69, 9.17) is 0 Å². The molecule has 7 heteroatoms. The van der Waals surface area contributed by atoms with E-state index in [9.17, 15) is 17.6 Å². The molecule has 0 aromatic heterocycles. The Kier molecular flexibility index (Phi) is 7.83. The van der Waals surface area contributed by atoms with Crippen molar-refractivity contribution >= 4 is 15.9 Å². The van der Waals surface area contributed by atoms with E-state index in [0.29, 0.717) is 5.92 Å². The van der Waals surface area contributed by atoms with E-state index in [0.717, 1.165) is 35.7 Å². The Balaban J connectivity index is 2.55. The lowest BCUT2D eigenvalue weighted by molar-refractivity contribution is -0.121. The van der Waals surface area contributed by atoms with Gasteiger partial charge in [0.15, 0.2) is 0 Å². The topological polar surface area (TPSA) is 66.5 Å². The summed E-state index contributed by atoms with van der Waals surface area (Å²) in [6.45, 7) is 5.94. The van der Waals surface area contributed by atoms with Crippen LogP contribution in [0.15, 0.2) is 29.2 Å². The summed E-state index contributed by atoms with van der Waals surface area (Å²) in [5.74, 6) is -0.232. The zero-order valence-electron chi connectivity index (χ0n) is 14.8. The smallest absolute Gasteiger partial charge is 0.243 e. The molecular weight excluding hydrogens is 331 g/mol. The van der Waals surface area contributed by atoms with Gasteiger partial charge in [0.25, 0.3) is 0 Å². The van der Waals surface area contributed by atoms with Gasteiger partial charge < -0.3 is 5.32 Å². The van der Waals surface area contributed by atoms with Crippen LogP contribution in [0.1, 0.15) is 40.0 Å². The average Bonchev–Trinajstić information content (AvgIpc) is 2.46.